The number of carbonyl (C=O) groups excluding carboxylic acids is 1. The van der Waals surface area contributed by atoms with Crippen molar-refractivity contribution >= 4 is 17.7 Å². The molecule has 1 aromatic carbocycles. The second kappa shape index (κ2) is 6.84. The van der Waals surface area contributed by atoms with Crippen molar-refractivity contribution in [2.45, 2.75) is 32.0 Å². The van der Waals surface area contributed by atoms with E-state index in [1.807, 2.05) is 12.1 Å². The molecule has 0 amide bonds. The number of benzene rings is 1. The molecule has 2 aromatic heterocycles. The minimum atomic E-state index is -0.277. The van der Waals surface area contributed by atoms with Gasteiger partial charge in [-0.3, -0.25) is 19.6 Å². The number of H-pyrrole nitrogens is 1. The minimum absolute atomic E-state index is 0.0307. The van der Waals surface area contributed by atoms with Gasteiger partial charge in [0.25, 0.3) is 11.3 Å². The molecular weight excluding hydrogens is 348 g/mol. The molecule has 1 aliphatic rings. The van der Waals surface area contributed by atoms with Crippen LogP contribution in [0.3, 0.4) is 0 Å². The van der Waals surface area contributed by atoms with Crippen LogP contribution < -0.4 is 11.3 Å². The molecule has 0 unspecified atom stereocenters. The van der Waals surface area contributed by atoms with Crippen LogP contribution in [0, 0.1) is 0 Å². The molecule has 3 aromatic rings. The van der Waals surface area contributed by atoms with Gasteiger partial charge < -0.3 is 10.5 Å². The van der Waals surface area contributed by atoms with Gasteiger partial charge in [0, 0.05) is 25.2 Å². The maximum absolute atomic E-state index is 12.3. The van der Waals surface area contributed by atoms with Crippen LogP contribution in [-0.4, -0.2) is 43.6 Å². The van der Waals surface area contributed by atoms with Crippen LogP contribution in [0.4, 0.5) is 5.95 Å². The molecule has 0 bridgehead atoms. The Morgan fingerprint density at radius 2 is 2.11 bits per heavy atom. The van der Waals surface area contributed by atoms with Crippen LogP contribution in [0.25, 0.3) is 5.78 Å². The number of ether oxygens (including phenoxy) is 1. The van der Waals surface area contributed by atoms with E-state index in [-0.39, 0.29) is 35.7 Å². The summed E-state index contributed by atoms with van der Waals surface area (Å²) >= 11 is 0. The average molecular weight is 368 g/mol. The third-order valence-electron chi connectivity index (χ3n) is 4.86. The van der Waals surface area contributed by atoms with Crippen LogP contribution in [0.15, 0.2) is 35.1 Å². The van der Waals surface area contributed by atoms with E-state index in [2.05, 4.69) is 32.1 Å². The summed E-state index contributed by atoms with van der Waals surface area (Å²) < 4.78 is 6.06. The first-order valence-corrected chi connectivity index (χ1v) is 8.65. The van der Waals surface area contributed by atoms with Crippen molar-refractivity contribution < 1.29 is 9.53 Å². The Labute approximate surface area is 154 Å². The standard InChI is InChI=1S/C18H20N6O3/c1-27-16(26)8-14-6-11-4-2-3-5-12(11)9-23(14)10-13-7-15(25)24-18(20-13)21-17(19)22-24/h2-5,7,14H,6,8-10H2,1H3,(H3,19,20,21,22)/t14-/m0/s1. The Morgan fingerprint density at radius 1 is 1.33 bits per heavy atom. The summed E-state index contributed by atoms with van der Waals surface area (Å²) in [5.41, 5.74) is 8.35. The second-order valence-electron chi connectivity index (χ2n) is 6.64. The van der Waals surface area contributed by atoms with Gasteiger partial charge in [-0.05, 0) is 17.5 Å². The molecule has 0 saturated heterocycles. The Morgan fingerprint density at radius 3 is 2.89 bits per heavy atom. The highest BCUT2D eigenvalue weighted by molar-refractivity contribution is 5.70. The zero-order valence-corrected chi connectivity index (χ0v) is 14.9. The monoisotopic (exact) mass is 368 g/mol. The topological polar surface area (TPSA) is 119 Å². The van der Waals surface area contributed by atoms with E-state index >= 15 is 0 Å². The fraction of sp³-hybridized carbons (Fsp3) is 0.333. The zero-order chi connectivity index (χ0) is 19.0. The second-order valence-corrected chi connectivity index (χ2v) is 6.64. The molecule has 4 rings (SSSR count). The lowest BCUT2D eigenvalue weighted by molar-refractivity contribution is -0.142. The normalized spacial score (nSPS) is 17.0. The van der Waals surface area contributed by atoms with Crippen molar-refractivity contribution in [3.05, 3.63) is 57.5 Å². The number of nitrogens with one attached hydrogen (secondary N) is 1. The molecule has 9 nitrogen and oxygen atoms in total. The van der Waals surface area contributed by atoms with Crippen molar-refractivity contribution in [2.75, 3.05) is 12.8 Å². The number of hydrogen-bond donors (Lipinski definition) is 2. The molecule has 9 heteroatoms. The molecule has 140 valence electrons. The third-order valence-corrected chi connectivity index (χ3v) is 4.86. The summed E-state index contributed by atoms with van der Waals surface area (Å²) in [6, 6.07) is 9.59. The van der Waals surface area contributed by atoms with Crippen molar-refractivity contribution in [2.24, 2.45) is 0 Å². The number of nitrogens with zero attached hydrogens (tertiary/aromatic N) is 4. The summed E-state index contributed by atoms with van der Waals surface area (Å²) in [4.78, 5) is 34.7. The van der Waals surface area contributed by atoms with Crippen molar-refractivity contribution in [3.63, 3.8) is 0 Å². The van der Waals surface area contributed by atoms with Crippen LogP contribution in [-0.2, 0) is 29.0 Å². The summed E-state index contributed by atoms with van der Waals surface area (Å²) in [5.74, 6) is 0.108. The van der Waals surface area contributed by atoms with Gasteiger partial charge in [-0.15, -0.1) is 0 Å². The molecule has 27 heavy (non-hydrogen) atoms. The predicted octanol–water partition coefficient (Wildman–Crippen LogP) is 0.490. The number of rotatable bonds is 4. The quantitative estimate of drug-likeness (QED) is 0.643. The maximum Gasteiger partial charge on any atom is 0.307 e. The fourth-order valence-electron chi connectivity index (χ4n) is 3.54. The van der Waals surface area contributed by atoms with Gasteiger partial charge in [0.2, 0.25) is 5.95 Å². The summed E-state index contributed by atoms with van der Waals surface area (Å²) in [5, 5.41) is 2.65. The highest BCUT2D eigenvalue weighted by Crippen LogP contribution is 2.26. The summed E-state index contributed by atoms with van der Waals surface area (Å²) in [7, 11) is 1.39. The highest BCUT2D eigenvalue weighted by atomic mass is 16.5. The highest BCUT2D eigenvalue weighted by Gasteiger charge is 2.28. The van der Waals surface area contributed by atoms with Gasteiger partial charge in [-0.25, -0.2) is 4.98 Å². The molecule has 0 aliphatic carbocycles. The molecule has 0 fully saturated rings. The number of methoxy groups -OCH3 is 1. The van der Waals surface area contributed by atoms with Gasteiger partial charge in [-0.1, -0.05) is 24.3 Å². The van der Waals surface area contributed by atoms with Gasteiger partial charge >= 0.3 is 5.97 Å². The average Bonchev–Trinajstić information content (AvgIpc) is 3.03. The molecule has 0 radical (unpaired) electrons. The van der Waals surface area contributed by atoms with Crippen LogP contribution in [0.1, 0.15) is 23.2 Å². The lowest BCUT2D eigenvalue weighted by Gasteiger charge is -2.36. The van der Waals surface area contributed by atoms with Crippen LogP contribution in [0.2, 0.25) is 0 Å². The molecule has 3 N–H and O–H groups in total. The van der Waals surface area contributed by atoms with E-state index in [1.54, 1.807) is 0 Å². The Kier molecular flexibility index (Phi) is 4.36. The van der Waals surface area contributed by atoms with E-state index in [0.29, 0.717) is 18.8 Å². The number of aromatic amines is 1. The van der Waals surface area contributed by atoms with Crippen molar-refractivity contribution in [1.82, 2.24) is 24.5 Å². The summed E-state index contributed by atoms with van der Waals surface area (Å²) in [6.45, 7) is 1.09. The zero-order valence-electron chi connectivity index (χ0n) is 14.9. The molecule has 0 saturated carbocycles. The molecule has 3 heterocycles. The maximum atomic E-state index is 12.3. The first-order valence-electron chi connectivity index (χ1n) is 8.65. The molecule has 1 aliphatic heterocycles. The number of esters is 1. The lowest BCUT2D eigenvalue weighted by atomic mass is 9.92. The molecular formula is C18H20N6O3. The lowest BCUT2D eigenvalue weighted by Crippen LogP contribution is -2.41. The number of hydrogen-bond acceptors (Lipinski definition) is 7. The van der Waals surface area contributed by atoms with E-state index < -0.39 is 0 Å². The third kappa shape index (κ3) is 3.41. The number of nitrogen functional groups attached to an aromatic ring is 1. The smallest absolute Gasteiger partial charge is 0.307 e. The molecule has 0 spiro atoms. The van der Waals surface area contributed by atoms with E-state index in [1.165, 1.54) is 28.8 Å². The number of nitrogens with two attached hydrogens (primary N) is 1. The predicted molar refractivity (Wildman–Crippen MR) is 97.8 cm³/mol. The number of fused-ring (bicyclic) bond motifs is 2. The SMILES string of the molecule is COC(=O)C[C@@H]1Cc2ccccc2CN1Cc1cc(=O)n2[nH]c(N)nc2n1. The van der Waals surface area contributed by atoms with Gasteiger partial charge in [-0.2, -0.15) is 9.50 Å². The van der Waals surface area contributed by atoms with Crippen LogP contribution in [0.5, 0.6) is 0 Å². The Hall–Kier alpha value is -3.20. The number of carbonyl (C=O) groups is 1. The van der Waals surface area contributed by atoms with E-state index in [9.17, 15) is 9.59 Å². The largest absolute Gasteiger partial charge is 0.469 e. The Bertz CT molecular complexity index is 1060. The fourth-order valence-corrected chi connectivity index (χ4v) is 3.54. The first kappa shape index (κ1) is 17.2. The van der Waals surface area contributed by atoms with Crippen molar-refractivity contribution in [3.8, 4) is 0 Å². The van der Waals surface area contributed by atoms with Gasteiger partial charge in [0.05, 0.1) is 19.2 Å². The van der Waals surface area contributed by atoms with Gasteiger partial charge in [0.15, 0.2) is 0 Å². The molecule has 1 atom stereocenters. The van der Waals surface area contributed by atoms with Crippen LogP contribution >= 0.6 is 0 Å². The number of aromatic nitrogens is 4. The minimum Gasteiger partial charge on any atom is -0.469 e. The van der Waals surface area contributed by atoms with E-state index in [4.69, 9.17) is 10.5 Å². The summed E-state index contributed by atoms with van der Waals surface area (Å²) in [6.07, 6.45) is 1.02. The Balaban J connectivity index is 1.65. The van der Waals surface area contributed by atoms with Gasteiger partial charge in [0.1, 0.15) is 0 Å². The first-order chi connectivity index (χ1) is 13.0. The van der Waals surface area contributed by atoms with Crippen molar-refractivity contribution in [1.29, 1.82) is 0 Å². The number of anilines is 1. The van der Waals surface area contributed by atoms with E-state index in [0.717, 1.165) is 6.42 Å².